The third kappa shape index (κ3) is 4.44. The number of benzene rings is 1. The summed E-state index contributed by atoms with van der Waals surface area (Å²) in [6.07, 6.45) is 3.67. The van der Waals surface area contributed by atoms with Gasteiger partial charge in [0.05, 0.1) is 30.6 Å². The van der Waals surface area contributed by atoms with Gasteiger partial charge in [-0.15, -0.1) is 5.10 Å². The number of rotatable bonds is 6. The van der Waals surface area contributed by atoms with Crippen molar-refractivity contribution < 1.29 is 19.4 Å². The van der Waals surface area contributed by atoms with Gasteiger partial charge in [0.25, 0.3) is 5.91 Å². The van der Waals surface area contributed by atoms with Crippen LogP contribution in [0.2, 0.25) is 0 Å². The van der Waals surface area contributed by atoms with Crippen molar-refractivity contribution in [2.45, 2.75) is 43.7 Å². The fraction of sp³-hybridized carbons (Fsp3) is 0.387. The van der Waals surface area contributed by atoms with Gasteiger partial charge in [-0.1, -0.05) is 43.3 Å². The van der Waals surface area contributed by atoms with Crippen molar-refractivity contribution in [3.05, 3.63) is 83.4 Å². The van der Waals surface area contributed by atoms with Crippen molar-refractivity contribution in [1.82, 2.24) is 24.9 Å². The van der Waals surface area contributed by atoms with Crippen molar-refractivity contribution in [1.29, 1.82) is 0 Å². The van der Waals surface area contributed by atoms with E-state index in [1.165, 1.54) is 11.6 Å². The smallest absolute Gasteiger partial charge is 0.354 e. The minimum absolute atomic E-state index is 0.0161. The van der Waals surface area contributed by atoms with E-state index in [0.29, 0.717) is 37.6 Å². The molecule has 1 amide bonds. The standard InChI is InChI=1S/C31H33N7O4/c1-20-13-23(36-12-11-30(2,17-36)21-7-4-3-5-8-21)16-38-27(20)34-26(35-38)28(39)32-22-14-31(18-42-19-31)37(15-22)25-10-6-9-24(33-25)29(40)41/h3-10,13,16,22H,11-12,14-15,17-19H2,1-2H3,(H,32,39)(H,40,41)/t22?,30-/m0/s1. The summed E-state index contributed by atoms with van der Waals surface area (Å²) >= 11 is 0. The number of hydrogen-bond acceptors (Lipinski definition) is 8. The number of carboxylic acid groups (broad SMARTS) is 1. The SMILES string of the molecule is Cc1cc(N2CC[C@](C)(c3ccccc3)C2)cn2nc(C(=O)NC3CN(c4cccc(C(=O)O)n4)C4(COC4)C3)nc12. The van der Waals surface area contributed by atoms with E-state index in [1.807, 2.05) is 13.1 Å². The predicted octanol–water partition coefficient (Wildman–Crippen LogP) is 3.08. The van der Waals surface area contributed by atoms with Gasteiger partial charge in [-0.3, -0.25) is 4.79 Å². The van der Waals surface area contributed by atoms with Gasteiger partial charge in [0.1, 0.15) is 5.82 Å². The highest BCUT2D eigenvalue weighted by Gasteiger charge is 2.52. The summed E-state index contributed by atoms with van der Waals surface area (Å²) < 4.78 is 7.25. The summed E-state index contributed by atoms with van der Waals surface area (Å²) in [4.78, 5) is 38.2. The molecule has 4 aromatic rings. The number of carbonyl (C=O) groups is 2. The molecule has 0 saturated carbocycles. The van der Waals surface area contributed by atoms with Gasteiger partial charge in [-0.2, -0.15) is 0 Å². The number of aromatic carboxylic acids is 1. The van der Waals surface area contributed by atoms with Crippen LogP contribution in [0.1, 0.15) is 52.0 Å². The summed E-state index contributed by atoms with van der Waals surface area (Å²) in [6.45, 7) is 7.62. The first-order valence-electron chi connectivity index (χ1n) is 14.3. The number of carboxylic acids is 1. The Kier molecular flexibility index (Phi) is 6.16. The maximum Gasteiger partial charge on any atom is 0.354 e. The molecule has 3 fully saturated rings. The number of pyridine rings is 2. The second-order valence-electron chi connectivity index (χ2n) is 12.1. The molecular weight excluding hydrogens is 534 g/mol. The Bertz CT molecular complexity index is 1690. The Labute approximate surface area is 243 Å². The van der Waals surface area contributed by atoms with Crippen LogP contribution in [0, 0.1) is 6.92 Å². The summed E-state index contributed by atoms with van der Waals surface area (Å²) in [6, 6.07) is 17.5. The van der Waals surface area contributed by atoms with Crippen LogP contribution in [-0.2, 0) is 10.2 Å². The molecule has 2 atom stereocenters. The van der Waals surface area contributed by atoms with Gasteiger partial charge >= 0.3 is 5.97 Å². The quantitative estimate of drug-likeness (QED) is 0.362. The summed E-state index contributed by atoms with van der Waals surface area (Å²) in [5.41, 5.74) is 3.73. The normalized spacial score (nSPS) is 23.0. The molecule has 6 heterocycles. The average molecular weight is 568 g/mol. The van der Waals surface area contributed by atoms with Crippen molar-refractivity contribution in [2.24, 2.45) is 0 Å². The number of nitrogens with one attached hydrogen (secondary N) is 1. The fourth-order valence-corrected chi connectivity index (χ4v) is 6.69. The Morgan fingerprint density at radius 2 is 1.90 bits per heavy atom. The van der Waals surface area contributed by atoms with E-state index in [2.05, 4.69) is 73.5 Å². The number of nitrogens with zero attached hydrogens (tertiary/aromatic N) is 6. The van der Waals surface area contributed by atoms with Crippen LogP contribution in [0.5, 0.6) is 0 Å². The first-order chi connectivity index (χ1) is 20.2. The van der Waals surface area contributed by atoms with Gasteiger partial charge in [0.2, 0.25) is 5.82 Å². The van der Waals surface area contributed by atoms with Crippen LogP contribution in [-0.4, -0.2) is 81.0 Å². The van der Waals surface area contributed by atoms with E-state index in [9.17, 15) is 14.7 Å². The zero-order valence-electron chi connectivity index (χ0n) is 23.7. The van der Waals surface area contributed by atoms with Crippen LogP contribution < -0.4 is 15.1 Å². The van der Waals surface area contributed by atoms with Crippen LogP contribution in [0.25, 0.3) is 5.65 Å². The zero-order chi connectivity index (χ0) is 29.1. The molecule has 1 aromatic carbocycles. The van der Waals surface area contributed by atoms with Crippen LogP contribution in [0.15, 0.2) is 60.8 Å². The molecule has 0 bridgehead atoms. The van der Waals surface area contributed by atoms with Gasteiger partial charge in [0, 0.05) is 31.1 Å². The molecule has 0 radical (unpaired) electrons. The Morgan fingerprint density at radius 3 is 2.64 bits per heavy atom. The Hall–Kier alpha value is -4.51. The summed E-state index contributed by atoms with van der Waals surface area (Å²) in [5.74, 6) is -0.735. The predicted molar refractivity (Wildman–Crippen MR) is 156 cm³/mol. The monoisotopic (exact) mass is 567 g/mol. The number of carbonyl (C=O) groups excluding carboxylic acids is 1. The molecular formula is C31H33N7O4. The maximum absolute atomic E-state index is 13.4. The molecule has 7 rings (SSSR count). The molecule has 3 saturated heterocycles. The first kappa shape index (κ1) is 26.4. The molecule has 3 aliphatic heterocycles. The van der Waals surface area contributed by atoms with E-state index in [4.69, 9.17) is 4.74 Å². The topological polar surface area (TPSA) is 125 Å². The van der Waals surface area contributed by atoms with E-state index >= 15 is 0 Å². The summed E-state index contributed by atoms with van der Waals surface area (Å²) in [5, 5.41) is 17.1. The van der Waals surface area contributed by atoms with E-state index in [0.717, 1.165) is 30.8 Å². The lowest BCUT2D eigenvalue weighted by Crippen LogP contribution is -2.59. The number of aryl methyl sites for hydroxylation is 1. The molecule has 0 aliphatic carbocycles. The van der Waals surface area contributed by atoms with Gasteiger partial charge in [-0.25, -0.2) is 19.3 Å². The highest BCUT2D eigenvalue weighted by Crippen LogP contribution is 2.39. The minimum Gasteiger partial charge on any atom is -0.477 e. The largest absolute Gasteiger partial charge is 0.477 e. The fourth-order valence-electron chi connectivity index (χ4n) is 6.69. The second-order valence-corrected chi connectivity index (χ2v) is 12.1. The molecule has 3 aromatic heterocycles. The molecule has 2 N–H and O–H groups in total. The molecule has 1 unspecified atom stereocenters. The minimum atomic E-state index is -1.08. The number of fused-ring (bicyclic) bond motifs is 1. The Morgan fingerprint density at radius 1 is 1.10 bits per heavy atom. The van der Waals surface area contributed by atoms with Crippen molar-refractivity contribution >= 4 is 29.0 Å². The van der Waals surface area contributed by atoms with E-state index < -0.39 is 5.97 Å². The molecule has 11 nitrogen and oxygen atoms in total. The highest BCUT2D eigenvalue weighted by atomic mass is 16.5. The number of ether oxygens (including phenoxy) is 1. The zero-order valence-corrected chi connectivity index (χ0v) is 23.7. The van der Waals surface area contributed by atoms with Gasteiger partial charge in [-0.05, 0) is 49.1 Å². The third-order valence-electron chi connectivity index (χ3n) is 9.02. The van der Waals surface area contributed by atoms with Crippen molar-refractivity contribution in [3.8, 4) is 0 Å². The molecule has 216 valence electrons. The second kappa shape index (κ2) is 9.80. The number of hydrogen-bond donors (Lipinski definition) is 2. The van der Waals surface area contributed by atoms with E-state index in [1.54, 1.807) is 16.6 Å². The lowest BCUT2D eigenvalue weighted by molar-refractivity contribution is -0.0518. The number of aromatic nitrogens is 4. The third-order valence-corrected chi connectivity index (χ3v) is 9.02. The van der Waals surface area contributed by atoms with Gasteiger partial charge in [0.15, 0.2) is 11.3 Å². The molecule has 11 heteroatoms. The maximum atomic E-state index is 13.4. The first-order valence-corrected chi connectivity index (χ1v) is 14.3. The van der Waals surface area contributed by atoms with E-state index in [-0.39, 0.29) is 34.4 Å². The average Bonchev–Trinajstić information content (AvgIpc) is 3.69. The Balaban J connectivity index is 1.08. The van der Waals surface area contributed by atoms with Crippen LogP contribution >= 0.6 is 0 Å². The van der Waals surface area contributed by atoms with Crippen LogP contribution in [0.3, 0.4) is 0 Å². The number of amides is 1. The lowest BCUT2D eigenvalue weighted by Gasteiger charge is -2.45. The molecule has 3 aliphatic rings. The highest BCUT2D eigenvalue weighted by molar-refractivity contribution is 5.91. The summed E-state index contributed by atoms with van der Waals surface area (Å²) in [7, 11) is 0. The van der Waals surface area contributed by atoms with Crippen molar-refractivity contribution in [2.75, 3.05) is 42.6 Å². The molecule has 1 spiro atoms. The van der Waals surface area contributed by atoms with Gasteiger partial charge < -0.3 is 25.0 Å². The number of anilines is 2. The van der Waals surface area contributed by atoms with Crippen molar-refractivity contribution in [3.63, 3.8) is 0 Å². The van der Waals surface area contributed by atoms with Crippen LogP contribution in [0.4, 0.5) is 11.5 Å². The molecule has 42 heavy (non-hydrogen) atoms. The lowest BCUT2D eigenvalue weighted by atomic mass is 9.82.